The maximum atomic E-state index is 10.7. The number of aromatic nitrogens is 2. The summed E-state index contributed by atoms with van der Waals surface area (Å²) >= 11 is 0. The lowest BCUT2D eigenvalue weighted by atomic mass is 10.0. The number of benzene rings is 1. The Labute approximate surface area is 160 Å². The van der Waals surface area contributed by atoms with E-state index in [1.807, 2.05) is 44.2 Å². The highest BCUT2D eigenvalue weighted by Crippen LogP contribution is 2.26. The van der Waals surface area contributed by atoms with Crippen molar-refractivity contribution in [2.75, 3.05) is 0 Å². The molecule has 2 rings (SSSR count). The van der Waals surface area contributed by atoms with Crippen molar-refractivity contribution in [3.05, 3.63) is 71.6 Å². The van der Waals surface area contributed by atoms with Crippen LogP contribution in [0.1, 0.15) is 57.5 Å². The van der Waals surface area contributed by atoms with Crippen molar-refractivity contribution in [1.29, 1.82) is 0 Å². The van der Waals surface area contributed by atoms with E-state index in [1.54, 1.807) is 13.0 Å². The fourth-order valence-electron chi connectivity index (χ4n) is 2.71. The zero-order valence-corrected chi connectivity index (χ0v) is 16.6. The van der Waals surface area contributed by atoms with E-state index < -0.39 is 5.97 Å². The van der Waals surface area contributed by atoms with Gasteiger partial charge in [-0.2, -0.15) is 0 Å². The highest BCUT2D eigenvalue weighted by atomic mass is 16.4. The molecule has 0 saturated heterocycles. The SMILES string of the molecule is C=C(C)c1nc2ccc(/C(C)=C/C=C/C(C)=C/C(=O)O)cc2nc1C(C)C. The fraction of sp³-hybridized carbons (Fsp3) is 0.261. The van der Waals surface area contributed by atoms with E-state index in [2.05, 4.69) is 20.4 Å². The molecule has 140 valence electrons. The lowest BCUT2D eigenvalue weighted by Gasteiger charge is -2.13. The number of hydrogen-bond donors (Lipinski definition) is 1. The second-order valence-corrected chi connectivity index (χ2v) is 7.03. The average Bonchev–Trinajstić information content (AvgIpc) is 2.59. The molecule has 0 fully saturated rings. The van der Waals surface area contributed by atoms with Gasteiger partial charge in [0, 0.05) is 6.08 Å². The largest absolute Gasteiger partial charge is 0.478 e. The molecular weight excluding hydrogens is 336 g/mol. The first-order valence-electron chi connectivity index (χ1n) is 8.93. The molecule has 4 heteroatoms. The van der Waals surface area contributed by atoms with Crippen molar-refractivity contribution >= 4 is 28.1 Å². The van der Waals surface area contributed by atoms with E-state index in [9.17, 15) is 4.79 Å². The van der Waals surface area contributed by atoms with Crippen LogP contribution < -0.4 is 0 Å². The van der Waals surface area contributed by atoms with Gasteiger partial charge in [0.1, 0.15) is 0 Å². The molecule has 1 N–H and O–H groups in total. The normalized spacial score (nSPS) is 13.0. The van der Waals surface area contributed by atoms with Gasteiger partial charge in [-0.1, -0.05) is 44.7 Å². The number of nitrogens with zero attached hydrogens (tertiary/aromatic N) is 2. The first-order chi connectivity index (χ1) is 12.7. The molecule has 0 saturated carbocycles. The van der Waals surface area contributed by atoms with Gasteiger partial charge in [0.15, 0.2) is 0 Å². The van der Waals surface area contributed by atoms with Gasteiger partial charge in [-0.3, -0.25) is 0 Å². The number of rotatable bonds is 6. The number of carboxylic acids is 1. The topological polar surface area (TPSA) is 63.1 Å². The van der Waals surface area contributed by atoms with Crippen LogP contribution in [0, 0.1) is 0 Å². The van der Waals surface area contributed by atoms with Gasteiger partial charge in [-0.05, 0) is 61.1 Å². The lowest BCUT2D eigenvalue weighted by Crippen LogP contribution is -2.03. The molecule has 0 amide bonds. The van der Waals surface area contributed by atoms with Crippen LogP contribution in [0.2, 0.25) is 0 Å². The highest BCUT2D eigenvalue weighted by molar-refractivity contribution is 5.82. The molecule has 0 unspecified atom stereocenters. The van der Waals surface area contributed by atoms with Gasteiger partial charge in [-0.25, -0.2) is 14.8 Å². The van der Waals surface area contributed by atoms with E-state index in [-0.39, 0.29) is 5.92 Å². The molecule has 4 nitrogen and oxygen atoms in total. The Kier molecular flexibility index (Phi) is 6.45. The zero-order chi connectivity index (χ0) is 20.1. The summed E-state index contributed by atoms with van der Waals surface area (Å²) < 4.78 is 0. The number of fused-ring (bicyclic) bond motifs is 1. The highest BCUT2D eigenvalue weighted by Gasteiger charge is 2.13. The van der Waals surface area contributed by atoms with Crippen molar-refractivity contribution in [3.63, 3.8) is 0 Å². The number of carbonyl (C=O) groups is 1. The van der Waals surface area contributed by atoms with Gasteiger partial charge < -0.3 is 5.11 Å². The Hall–Kier alpha value is -3.01. The Morgan fingerprint density at radius 2 is 1.85 bits per heavy atom. The minimum absolute atomic E-state index is 0.265. The Morgan fingerprint density at radius 3 is 2.44 bits per heavy atom. The van der Waals surface area contributed by atoms with Gasteiger partial charge >= 0.3 is 5.97 Å². The third kappa shape index (κ3) is 5.23. The molecule has 2 aromatic rings. The summed E-state index contributed by atoms with van der Waals surface area (Å²) in [6.07, 6.45) is 6.76. The van der Waals surface area contributed by atoms with E-state index >= 15 is 0 Å². The van der Waals surface area contributed by atoms with Crippen molar-refractivity contribution in [2.24, 2.45) is 0 Å². The molecule has 1 aromatic carbocycles. The molecule has 0 aliphatic carbocycles. The van der Waals surface area contributed by atoms with Gasteiger partial charge in [0.2, 0.25) is 0 Å². The first-order valence-corrected chi connectivity index (χ1v) is 8.93. The average molecular weight is 362 g/mol. The van der Waals surface area contributed by atoms with Gasteiger partial charge in [-0.15, -0.1) is 0 Å². The smallest absolute Gasteiger partial charge is 0.328 e. The maximum Gasteiger partial charge on any atom is 0.328 e. The van der Waals surface area contributed by atoms with Crippen molar-refractivity contribution < 1.29 is 9.90 Å². The molecule has 1 aromatic heterocycles. The monoisotopic (exact) mass is 362 g/mol. The number of aliphatic carboxylic acids is 1. The summed E-state index contributed by atoms with van der Waals surface area (Å²) in [5.41, 5.74) is 7.27. The van der Waals surface area contributed by atoms with E-state index in [4.69, 9.17) is 15.1 Å². The standard InChI is InChI=1S/C23H26N2O2/c1-14(2)22-23(15(3)4)25-20-13-18(10-11-19(20)24-22)17(6)9-7-8-16(5)12-21(26)27/h7-13,15H,1H2,2-6H3,(H,26,27)/b8-7+,16-12+,17-9+. The Bertz CT molecular complexity index is 979. The third-order valence-corrected chi connectivity index (χ3v) is 4.15. The van der Waals surface area contributed by atoms with Crippen LogP contribution in [0.25, 0.3) is 22.2 Å². The summed E-state index contributed by atoms with van der Waals surface area (Å²) in [6, 6.07) is 6.04. The maximum absolute atomic E-state index is 10.7. The van der Waals surface area contributed by atoms with Crippen molar-refractivity contribution in [1.82, 2.24) is 9.97 Å². The summed E-state index contributed by atoms with van der Waals surface area (Å²) in [5, 5.41) is 8.74. The predicted molar refractivity (Wildman–Crippen MR) is 113 cm³/mol. The second kappa shape index (κ2) is 8.58. The molecule has 27 heavy (non-hydrogen) atoms. The molecule has 0 spiro atoms. The molecule has 0 aliphatic rings. The molecule has 0 bridgehead atoms. The Morgan fingerprint density at radius 1 is 1.15 bits per heavy atom. The summed E-state index contributed by atoms with van der Waals surface area (Å²) in [4.78, 5) is 20.2. The first kappa shape index (κ1) is 20.3. The van der Waals surface area contributed by atoms with Crippen LogP contribution in [0.4, 0.5) is 0 Å². The third-order valence-electron chi connectivity index (χ3n) is 4.15. The van der Waals surface area contributed by atoms with E-state index in [1.165, 1.54) is 6.08 Å². The van der Waals surface area contributed by atoms with Gasteiger partial charge in [0.25, 0.3) is 0 Å². The molecule has 0 radical (unpaired) electrons. The number of hydrogen-bond acceptors (Lipinski definition) is 3. The molecule has 0 aliphatic heterocycles. The van der Waals surface area contributed by atoms with Crippen LogP contribution in [-0.4, -0.2) is 21.0 Å². The predicted octanol–water partition coefficient (Wildman–Crippen LogP) is 5.78. The summed E-state index contributed by atoms with van der Waals surface area (Å²) in [6.45, 7) is 14.0. The van der Waals surface area contributed by atoms with Crippen molar-refractivity contribution in [2.45, 2.75) is 40.5 Å². The van der Waals surface area contributed by atoms with Crippen LogP contribution in [0.3, 0.4) is 0 Å². The van der Waals surface area contributed by atoms with Crippen LogP contribution >= 0.6 is 0 Å². The van der Waals surface area contributed by atoms with Gasteiger partial charge in [0.05, 0.1) is 22.4 Å². The van der Waals surface area contributed by atoms with E-state index in [0.717, 1.165) is 39.1 Å². The van der Waals surface area contributed by atoms with E-state index in [0.29, 0.717) is 5.57 Å². The molecule has 1 heterocycles. The van der Waals surface area contributed by atoms with Crippen LogP contribution in [-0.2, 0) is 4.79 Å². The molecule has 0 atom stereocenters. The van der Waals surface area contributed by atoms with Crippen molar-refractivity contribution in [3.8, 4) is 0 Å². The Balaban J connectivity index is 2.41. The number of carboxylic acid groups (broad SMARTS) is 1. The number of allylic oxidation sites excluding steroid dienone is 6. The van der Waals surface area contributed by atoms with Crippen LogP contribution in [0.15, 0.2) is 54.7 Å². The minimum atomic E-state index is -0.943. The summed E-state index contributed by atoms with van der Waals surface area (Å²) in [5.74, 6) is -0.679. The second-order valence-electron chi connectivity index (χ2n) is 7.03. The quantitative estimate of drug-likeness (QED) is 0.523. The summed E-state index contributed by atoms with van der Waals surface area (Å²) in [7, 11) is 0. The lowest BCUT2D eigenvalue weighted by molar-refractivity contribution is -0.131. The minimum Gasteiger partial charge on any atom is -0.478 e. The molecular formula is C23H26N2O2. The zero-order valence-electron chi connectivity index (χ0n) is 16.6. The fourth-order valence-corrected chi connectivity index (χ4v) is 2.71. The van der Waals surface area contributed by atoms with Crippen LogP contribution in [0.5, 0.6) is 0 Å².